The molecule has 10 heteroatoms. The minimum absolute atomic E-state index is 0.0211. The molecule has 30 heavy (non-hydrogen) atoms. The van der Waals surface area contributed by atoms with Gasteiger partial charge >= 0.3 is 0 Å². The van der Waals surface area contributed by atoms with Crippen LogP contribution in [0.15, 0.2) is 81.3 Å². The topological polar surface area (TPSA) is 92.0 Å². The predicted molar refractivity (Wildman–Crippen MR) is 115 cm³/mol. The Labute approximate surface area is 184 Å². The van der Waals surface area contributed by atoms with Gasteiger partial charge in [0.25, 0.3) is 5.91 Å². The first kappa shape index (κ1) is 22.0. The summed E-state index contributed by atoms with van der Waals surface area (Å²) in [6, 6.07) is 15.8. The summed E-state index contributed by atoms with van der Waals surface area (Å²) in [5.41, 5.74) is 2.97. The van der Waals surface area contributed by atoms with Crippen LogP contribution in [0.4, 0.5) is 0 Å². The van der Waals surface area contributed by atoms with E-state index in [2.05, 4.69) is 10.5 Å². The lowest BCUT2D eigenvalue weighted by Gasteiger charge is -2.21. The molecule has 0 atom stereocenters. The summed E-state index contributed by atoms with van der Waals surface area (Å²) in [6.07, 6.45) is 2.78. The molecule has 0 aliphatic heterocycles. The maximum atomic E-state index is 13.1. The molecule has 3 aromatic rings. The van der Waals surface area contributed by atoms with E-state index in [9.17, 15) is 13.2 Å². The standard InChI is InChI=1S/C20H17Cl2N3O4S/c21-16-5-3-15(4-6-16)13-25(30(27,28)19-9-7-17(22)8-10-19)14-20(26)24-23-12-18-2-1-11-29-18/h1-12H,13-14H2,(H,24,26)/b23-12-. The Morgan fingerprint density at radius 1 is 1.03 bits per heavy atom. The van der Waals surface area contributed by atoms with Crippen LogP contribution in [-0.4, -0.2) is 31.4 Å². The van der Waals surface area contributed by atoms with Crippen LogP contribution in [0.1, 0.15) is 11.3 Å². The number of halogens is 2. The number of hydrogen-bond acceptors (Lipinski definition) is 5. The Kier molecular flexibility index (Phi) is 7.28. The van der Waals surface area contributed by atoms with Crippen molar-refractivity contribution in [3.63, 3.8) is 0 Å². The number of nitrogens with zero attached hydrogens (tertiary/aromatic N) is 2. The van der Waals surface area contributed by atoms with Crippen LogP contribution < -0.4 is 5.43 Å². The van der Waals surface area contributed by atoms with Crippen molar-refractivity contribution in [2.45, 2.75) is 11.4 Å². The average Bonchev–Trinajstić information content (AvgIpc) is 3.23. The van der Waals surface area contributed by atoms with E-state index in [4.69, 9.17) is 27.6 Å². The van der Waals surface area contributed by atoms with E-state index in [1.165, 1.54) is 36.7 Å². The largest absolute Gasteiger partial charge is 0.463 e. The highest BCUT2D eigenvalue weighted by molar-refractivity contribution is 7.89. The summed E-state index contributed by atoms with van der Waals surface area (Å²) in [4.78, 5) is 12.4. The number of hydrazone groups is 1. The van der Waals surface area contributed by atoms with Gasteiger partial charge < -0.3 is 4.42 Å². The SMILES string of the molecule is O=C(CN(Cc1ccc(Cl)cc1)S(=O)(=O)c1ccc(Cl)cc1)N/N=C\c1ccco1. The summed E-state index contributed by atoms with van der Waals surface area (Å²) in [5.74, 6) is -0.161. The number of nitrogens with one attached hydrogen (secondary N) is 1. The second-order valence-corrected chi connectivity index (χ2v) is 8.97. The fourth-order valence-electron chi connectivity index (χ4n) is 2.50. The Balaban J connectivity index is 1.80. The molecule has 0 bridgehead atoms. The van der Waals surface area contributed by atoms with Crippen molar-refractivity contribution < 1.29 is 17.6 Å². The Morgan fingerprint density at radius 3 is 2.27 bits per heavy atom. The van der Waals surface area contributed by atoms with E-state index in [0.29, 0.717) is 21.4 Å². The van der Waals surface area contributed by atoms with Crippen LogP contribution in [-0.2, 0) is 21.4 Å². The highest BCUT2D eigenvalue weighted by Crippen LogP contribution is 2.21. The molecule has 1 N–H and O–H groups in total. The molecule has 1 amide bonds. The molecule has 0 aliphatic rings. The maximum Gasteiger partial charge on any atom is 0.255 e. The van der Waals surface area contributed by atoms with E-state index in [1.807, 2.05) is 0 Å². The third-order valence-corrected chi connectivity index (χ3v) is 6.28. The number of rotatable bonds is 8. The van der Waals surface area contributed by atoms with Crippen LogP contribution >= 0.6 is 23.2 Å². The quantitative estimate of drug-likeness (QED) is 0.402. The zero-order valence-corrected chi connectivity index (χ0v) is 17.9. The smallest absolute Gasteiger partial charge is 0.255 e. The molecule has 1 heterocycles. The Bertz CT molecular complexity index is 1110. The Hall–Kier alpha value is -2.65. The van der Waals surface area contributed by atoms with Gasteiger partial charge in [0.1, 0.15) is 5.76 Å². The average molecular weight is 466 g/mol. The van der Waals surface area contributed by atoms with Crippen LogP contribution in [0.25, 0.3) is 0 Å². The summed E-state index contributed by atoms with van der Waals surface area (Å²) >= 11 is 11.8. The molecule has 0 aliphatic carbocycles. The van der Waals surface area contributed by atoms with Crippen molar-refractivity contribution in [3.05, 3.63) is 88.3 Å². The van der Waals surface area contributed by atoms with E-state index in [1.54, 1.807) is 36.4 Å². The van der Waals surface area contributed by atoms with E-state index in [-0.39, 0.29) is 11.4 Å². The molecule has 3 rings (SSSR count). The molecule has 0 unspecified atom stereocenters. The monoisotopic (exact) mass is 465 g/mol. The normalized spacial score (nSPS) is 11.8. The second kappa shape index (κ2) is 9.90. The van der Waals surface area contributed by atoms with Crippen molar-refractivity contribution >= 4 is 45.3 Å². The fraction of sp³-hybridized carbons (Fsp3) is 0.100. The van der Waals surface area contributed by atoms with E-state index in [0.717, 1.165) is 4.31 Å². The van der Waals surface area contributed by atoms with Crippen molar-refractivity contribution in [3.8, 4) is 0 Å². The minimum Gasteiger partial charge on any atom is -0.463 e. The molecule has 1 aromatic heterocycles. The van der Waals surface area contributed by atoms with Crippen molar-refractivity contribution in [1.82, 2.24) is 9.73 Å². The van der Waals surface area contributed by atoms with Gasteiger partial charge in [0.15, 0.2) is 0 Å². The zero-order chi connectivity index (χ0) is 21.6. The maximum absolute atomic E-state index is 13.1. The molecule has 7 nitrogen and oxygen atoms in total. The molecule has 0 radical (unpaired) electrons. The number of sulfonamides is 1. The third-order valence-electron chi connectivity index (χ3n) is 3.97. The van der Waals surface area contributed by atoms with Crippen molar-refractivity contribution in [1.29, 1.82) is 0 Å². The highest BCUT2D eigenvalue weighted by atomic mass is 35.5. The van der Waals surface area contributed by atoms with Gasteiger partial charge in [-0.05, 0) is 54.1 Å². The lowest BCUT2D eigenvalue weighted by molar-refractivity contribution is -0.121. The van der Waals surface area contributed by atoms with Gasteiger partial charge in [-0.25, -0.2) is 13.8 Å². The molecular formula is C20H17Cl2N3O4S. The Morgan fingerprint density at radius 2 is 1.67 bits per heavy atom. The number of benzene rings is 2. The van der Waals surface area contributed by atoms with Gasteiger partial charge in [0.05, 0.1) is 23.9 Å². The first-order valence-corrected chi connectivity index (χ1v) is 10.9. The lowest BCUT2D eigenvalue weighted by Crippen LogP contribution is -2.39. The van der Waals surface area contributed by atoms with E-state index >= 15 is 0 Å². The van der Waals surface area contributed by atoms with Crippen LogP contribution in [0.2, 0.25) is 10.0 Å². The number of carbonyl (C=O) groups is 1. The number of furan rings is 1. The molecule has 0 fully saturated rings. The molecule has 0 spiro atoms. The summed E-state index contributed by atoms with van der Waals surface area (Å²) in [6.45, 7) is -0.472. The third kappa shape index (κ3) is 5.93. The minimum atomic E-state index is -3.98. The summed E-state index contributed by atoms with van der Waals surface area (Å²) in [5, 5.41) is 4.71. The second-order valence-electron chi connectivity index (χ2n) is 6.16. The number of hydrogen-bond donors (Lipinski definition) is 1. The predicted octanol–water partition coefficient (Wildman–Crippen LogP) is 3.93. The van der Waals surface area contributed by atoms with Gasteiger partial charge in [0.2, 0.25) is 10.0 Å². The van der Waals surface area contributed by atoms with Crippen molar-refractivity contribution in [2.75, 3.05) is 6.54 Å². The van der Waals surface area contributed by atoms with Gasteiger partial charge in [-0.2, -0.15) is 9.41 Å². The molecule has 0 saturated heterocycles. The molecule has 2 aromatic carbocycles. The summed E-state index contributed by atoms with van der Waals surface area (Å²) < 4.78 is 32.4. The van der Waals surface area contributed by atoms with E-state index < -0.39 is 22.5 Å². The van der Waals surface area contributed by atoms with Crippen molar-refractivity contribution in [2.24, 2.45) is 5.10 Å². The van der Waals surface area contributed by atoms with Crippen LogP contribution in [0.3, 0.4) is 0 Å². The molecular weight excluding hydrogens is 449 g/mol. The van der Waals surface area contributed by atoms with Gasteiger partial charge in [0, 0.05) is 16.6 Å². The fourth-order valence-corrected chi connectivity index (χ4v) is 4.14. The molecule has 0 saturated carbocycles. The van der Waals surface area contributed by atoms with Crippen LogP contribution in [0, 0.1) is 0 Å². The van der Waals surface area contributed by atoms with Gasteiger partial charge in [-0.3, -0.25) is 4.79 Å². The van der Waals surface area contributed by atoms with Crippen LogP contribution in [0.5, 0.6) is 0 Å². The van der Waals surface area contributed by atoms with Gasteiger partial charge in [-0.15, -0.1) is 0 Å². The zero-order valence-electron chi connectivity index (χ0n) is 15.5. The van der Waals surface area contributed by atoms with Gasteiger partial charge in [-0.1, -0.05) is 35.3 Å². The number of amides is 1. The summed E-state index contributed by atoms with van der Waals surface area (Å²) in [7, 11) is -3.98. The lowest BCUT2D eigenvalue weighted by atomic mass is 10.2. The molecule has 156 valence electrons. The first-order chi connectivity index (χ1) is 14.3. The number of carbonyl (C=O) groups excluding carboxylic acids is 1. The first-order valence-electron chi connectivity index (χ1n) is 8.70. The highest BCUT2D eigenvalue weighted by Gasteiger charge is 2.27.